The van der Waals surface area contributed by atoms with Crippen molar-refractivity contribution < 1.29 is 0 Å². The molecule has 0 saturated heterocycles. The maximum Gasteiger partial charge on any atom is 0.0622 e. The molecule has 0 aromatic heterocycles. The van der Waals surface area contributed by atoms with Gasteiger partial charge in [0.1, 0.15) is 0 Å². The number of azide groups is 1. The fourth-order valence-electron chi connectivity index (χ4n) is 2.24. The van der Waals surface area contributed by atoms with Crippen LogP contribution in [0, 0.1) is 11.3 Å². The van der Waals surface area contributed by atoms with E-state index in [4.69, 9.17) is 10.8 Å². The second-order valence-electron chi connectivity index (χ2n) is 5.08. The third-order valence-electron chi connectivity index (χ3n) is 3.48. The molecule has 0 radical (unpaired) electrons. The summed E-state index contributed by atoms with van der Waals surface area (Å²) in [4.78, 5) is 5.24. The van der Waals surface area contributed by atoms with Crippen molar-refractivity contribution in [1.29, 1.82) is 5.26 Å². The van der Waals surface area contributed by atoms with Crippen LogP contribution in [0.5, 0.6) is 0 Å². The minimum Gasteiger partial charge on any atom is -0.299 e. The quantitative estimate of drug-likeness (QED) is 0.278. The highest BCUT2D eigenvalue weighted by Crippen LogP contribution is 2.10. The summed E-state index contributed by atoms with van der Waals surface area (Å²) in [5.41, 5.74) is 9.82. The fraction of sp³-hybridized carbons (Fsp3) is 0.562. The van der Waals surface area contributed by atoms with Gasteiger partial charge in [-0.1, -0.05) is 42.4 Å². The van der Waals surface area contributed by atoms with Crippen LogP contribution in [-0.4, -0.2) is 24.0 Å². The molecule has 0 amide bonds. The number of hydrogen-bond donors (Lipinski definition) is 0. The van der Waals surface area contributed by atoms with Crippen LogP contribution in [0.3, 0.4) is 0 Å². The van der Waals surface area contributed by atoms with Gasteiger partial charge in [0, 0.05) is 23.9 Å². The van der Waals surface area contributed by atoms with E-state index in [1.165, 1.54) is 5.56 Å². The van der Waals surface area contributed by atoms with Crippen LogP contribution in [0.25, 0.3) is 10.4 Å². The Morgan fingerprint density at radius 2 is 2.10 bits per heavy atom. The van der Waals surface area contributed by atoms with Crippen LogP contribution in [0.15, 0.2) is 35.4 Å². The van der Waals surface area contributed by atoms with Crippen LogP contribution >= 0.6 is 0 Å². The predicted octanol–water partition coefficient (Wildman–Crippen LogP) is 4.27. The average molecular weight is 285 g/mol. The maximum atomic E-state index is 8.67. The largest absolute Gasteiger partial charge is 0.299 e. The minimum atomic E-state index is 0.0595. The van der Waals surface area contributed by atoms with E-state index in [-0.39, 0.29) is 6.04 Å². The lowest BCUT2D eigenvalue weighted by Gasteiger charge is -2.23. The Labute approximate surface area is 126 Å². The lowest BCUT2D eigenvalue weighted by molar-refractivity contribution is 0.251. The minimum absolute atomic E-state index is 0.0595. The molecule has 1 aromatic carbocycles. The van der Waals surface area contributed by atoms with E-state index < -0.39 is 0 Å². The molecule has 0 fully saturated rings. The molecule has 0 aliphatic rings. The number of unbranched alkanes of at least 4 members (excludes halogenated alkanes) is 1. The van der Waals surface area contributed by atoms with E-state index in [0.717, 1.165) is 38.9 Å². The Morgan fingerprint density at radius 1 is 1.33 bits per heavy atom. The molecule has 0 aliphatic heterocycles. The maximum absolute atomic E-state index is 8.67. The highest BCUT2D eigenvalue weighted by Gasteiger charge is 2.09. The fourth-order valence-corrected chi connectivity index (χ4v) is 2.24. The van der Waals surface area contributed by atoms with Gasteiger partial charge in [-0.3, -0.25) is 4.90 Å². The topological polar surface area (TPSA) is 75.8 Å². The molecule has 1 rings (SSSR count). The van der Waals surface area contributed by atoms with Crippen LogP contribution < -0.4 is 0 Å². The van der Waals surface area contributed by atoms with Crippen molar-refractivity contribution in [3.63, 3.8) is 0 Å². The van der Waals surface area contributed by atoms with E-state index >= 15 is 0 Å². The van der Waals surface area contributed by atoms with Crippen molar-refractivity contribution in [1.82, 2.24) is 4.90 Å². The zero-order valence-electron chi connectivity index (χ0n) is 12.6. The van der Waals surface area contributed by atoms with Crippen LogP contribution in [0.1, 0.15) is 38.2 Å². The molecule has 5 nitrogen and oxygen atoms in total. The molecule has 0 aliphatic carbocycles. The SMILES string of the molecule is CCC(CCN(CCCC#N)Cc1ccccc1)N=[N+]=[N-]. The standard InChI is InChI=1S/C16H23N5/c1-2-16(19-20-18)10-13-21(12-7-6-11-17)14-15-8-4-3-5-9-15/h3-5,8-9,16H,2,6-7,10,12-14H2,1H3. The van der Waals surface area contributed by atoms with Gasteiger partial charge in [0.15, 0.2) is 0 Å². The first-order valence-electron chi connectivity index (χ1n) is 7.47. The van der Waals surface area contributed by atoms with E-state index in [1.54, 1.807) is 0 Å². The second kappa shape index (κ2) is 10.7. The third kappa shape index (κ3) is 7.36. The number of benzene rings is 1. The van der Waals surface area contributed by atoms with Crippen molar-refractivity contribution in [3.8, 4) is 6.07 Å². The van der Waals surface area contributed by atoms with E-state index in [1.807, 2.05) is 25.1 Å². The summed E-state index contributed by atoms with van der Waals surface area (Å²) in [6.45, 7) is 4.70. The summed E-state index contributed by atoms with van der Waals surface area (Å²) < 4.78 is 0. The van der Waals surface area contributed by atoms with Crippen molar-refractivity contribution in [3.05, 3.63) is 46.3 Å². The summed E-state index contributed by atoms with van der Waals surface area (Å²) in [6.07, 6.45) is 3.18. The molecule has 0 spiro atoms. The average Bonchev–Trinajstić information content (AvgIpc) is 2.52. The highest BCUT2D eigenvalue weighted by atomic mass is 15.2. The molecule has 0 N–H and O–H groups in total. The molecule has 0 bridgehead atoms. The smallest absolute Gasteiger partial charge is 0.0622 e. The molecular formula is C16H23N5. The predicted molar refractivity (Wildman–Crippen MR) is 84.4 cm³/mol. The van der Waals surface area contributed by atoms with E-state index in [0.29, 0.717) is 6.42 Å². The molecule has 1 aromatic rings. The monoisotopic (exact) mass is 285 g/mol. The van der Waals surface area contributed by atoms with Crippen molar-refractivity contribution >= 4 is 0 Å². The Bertz CT molecular complexity index is 473. The zero-order valence-corrected chi connectivity index (χ0v) is 12.6. The Balaban J connectivity index is 2.55. The number of nitriles is 1. The second-order valence-corrected chi connectivity index (χ2v) is 5.08. The number of hydrogen-bond acceptors (Lipinski definition) is 3. The van der Waals surface area contributed by atoms with Gasteiger partial charge in [0.2, 0.25) is 0 Å². The first kappa shape index (κ1) is 17.0. The molecule has 1 atom stereocenters. The Morgan fingerprint density at radius 3 is 2.71 bits per heavy atom. The summed E-state index contributed by atoms with van der Waals surface area (Å²) in [7, 11) is 0. The van der Waals surface area contributed by atoms with Crippen LogP contribution in [-0.2, 0) is 6.54 Å². The summed E-state index contributed by atoms with van der Waals surface area (Å²) >= 11 is 0. The van der Waals surface area contributed by atoms with Gasteiger partial charge >= 0.3 is 0 Å². The van der Waals surface area contributed by atoms with Crippen LogP contribution in [0.2, 0.25) is 0 Å². The molecule has 0 heterocycles. The Kier molecular flexibility index (Phi) is 8.70. The highest BCUT2D eigenvalue weighted by molar-refractivity contribution is 5.14. The van der Waals surface area contributed by atoms with Crippen molar-refractivity contribution in [2.45, 2.75) is 45.2 Å². The first-order chi connectivity index (χ1) is 10.3. The van der Waals surface area contributed by atoms with Gasteiger partial charge in [0.05, 0.1) is 6.07 Å². The van der Waals surface area contributed by atoms with Crippen molar-refractivity contribution in [2.24, 2.45) is 5.11 Å². The van der Waals surface area contributed by atoms with Gasteiger partial charge in [-0.05, 0) is 43.4 Å². The van der Waals surface area contributed by atoms with Gasteiger partial charge in [-0.2, -0.15) is 5.26 Å². The molecule has 1 unspecified atom stereocenters. The van der Waals surface area contributed by atoms with Crippen LogP contribution in [0.4, 0.5) is 0 Å². The van der Waals surface area contributed by atoms with Gasteiger partial charge < -0.3 is 0 Å². The normalized spacial score (nSPS) is 11.7. The summed E-state index contributed by atoms with van der Waals surface area (Å²) in [6, 6.07) is 12.6. The molecular weight excluding hydrogens is 262 g/mol. The molecule has 112 valence electrons. The van der Waals surface area contributed by atoms with E-state index in [9.17, 15) is 0 Å². The summed E-state index contributed by atoms with van der Waals surface area (Å²) in [5, 5.41) is 12.5. The van der Waals surface area contributed by atoms with Crippen molar-refractivity contribution in [2.75, 3.05) is 13.1 Å². The third-order valence-corrected chi connectivity index (χ3v) is 3.48. The zero-order chi connectivity index (χ0) is 15.3. The molecule has 21 heavy (non-hydrogen) atoms. The lowest BCUT2D eigenvalue weighted by atomic mass is 10.1. The molecule has 0 saturated carbocycles. The number of rotatable bonds is 10. The van der Waals surface area contributed by atoms with Gasteiger partial charge in [-0.15, -0.1) is 0 Å². The van der Waals surface area contributed by atoms with Gasteiger partial charge in [-0.25, -0.2) is 0 Å². The Hall–Kier alpha value is -2.02. The number of nitrogens with zero attached hydrogens (tertiary/aromatic N) is 5. The lowest BCUT2D eigenvalue weighted by Crippen LogP contribution is -2.27. The first-order valence-corrected chi connectivity index (χ1v) is 7.47. The molecule has 5 heteroatoms. The summed E-state index contributed by atoms with van der Waals surface area (Å²) in [5.74, 6) is 0. The van der Waals surface area contributed by atoms with Gasteiger partial charge in [0.25, 0.3) is 0 Å². The van der Waals surface area contributed by atoms with E-state index in [2.05, 4.69) is 33.1 Å².